The molecule has 116 valence electrons. The predicted octanol–water partition coefficient (Wildman–Crippen LogP) is 1.72. The Morgan fingerprint density at radius 2 is 2.05 bits per heavy atom. The van der Waals surface area contributed by atoms with Crippen LogP contribution in [-0.4, -0.2) is 32.9 Å². The maximum absolute atomic E-state index is 13.9. The van der Waals surface area contributed by atoms with Crippen LogP contribution >= 0.6 is 0 Å². The quantitative estimate of drug-likeness (QED) is 0.779. The third kappa shape index (κ3) is 4.00. The van der Waals surface area contributed by atoms with E-state index in [1.54, 1.807) is 14.0 Å². The molecule has 0 saturated heterocycles. The molecule has 0 aliphatic rings. The highest BCUT2D eigenvalue weighted by Crippen LogP contribution is 2.23. The highest BCUT2D eigenvalue weighted by atomic mass is 32.2. The fourth-order valence-corrected chi connectivity index (χ4v) is 3.46. The van der Waals surface area contributed by atoms with Gasteiger partial charge in [0.1, 0.15) is 4.90 Å². The van der Waals surface area contributed by atoms with Crippen molar-refractivity contribution in [3.63, 3.8) is 0 Å². The molecule has 0 spiro atoms. The van der Waals surface area contributed by atoms with Crippen LogP contribution in [0.1, 0.15) is 18.9 Å². The maximum Gasteiger partial charge on any atom is 0.246 e. The van der Waals surface area contributed by atoms with Gasteiger partial charge in [-0.15, -0.1) is 6.42 Å². The zero-order valence-electron chi connectivity index (χ0n) is 12.0. The van der Waals surface area contributed by atoms with Crippen molar-refractivity contribution >= 4 is 10.0 Å². The van der Waals surface area contributed by atoms with Crippen molar-refractivity contribution in [3.8, 4) is 12.3 Å². The minimum atomic E-state index is -4.17. The van der Waals surface area contributed by atoms with Gasteiger partial charge in [-0.05, 0) is 31.2 Å². The molecule has 1 aromatic carbocycles. The number of sulfonamides is 1. The molecule has 0 fully saturated rings. The van der Waals surface area contributed by atoms with E-state index in [0.29, 0.717) is 12.0 Å². The summed E-state index contributed by atoms with van der Waals surface area (Å²) in [7, 11) is -2.55. The predicted molar refractivity (Wildman–Crippen MR) is 77.0 cm³/mol. The van der Waals surface area contributed by atoms with E-state index < -0.39 is 26.6 Å². The Morgan fingerprint density at radius 1 is 1.38 bits per heavy atom. The van der Waals surface area contributed by atoms with Crippen molar-refractivity contribution in [2.45, 2.75) is 24.8 Å². The Morgan fingerprint density at radius 3 is 2.57 bits per heavy atom. The molecule has 1 aromatic rings. The van der Waals surface area contributed by atoms with Crippen molar-refractivity contribution in [3.05, 3.63) is 29.3 Å². The van der Waals surface area contributed by atoms with Gasteiger partial charge in [0.15, 0.2) is 11.6 Å². The van der Waals surface area contributed by atoms with E-state index in [2.05, 4.69) is 11.2 Å². The number of terminal acetylenes is 1. The van der Waals surface area contributed by atoms with Crippen molar-refractivity contribution < 1.29 is 17.2 Å². The molecule has 21 heavy (non-hydrogen) atoms. The lowest BCUT2D eigenvalue weighted by atomic mass is 10.2. The van der Waals surface area contributed by atoms with Crippen molar-refractivity contribution in [1.82, 2.24) is 9.62 Å². The Balaban J connectivity index is 3.38. The van der Waals surface area contributed by atoms with Gasteiger partial charge in [0.25, 0.3) is 0 Å². The highest BCUT2D eigenvalue weighted by molar-refractivity contribution is 7.89. The summed E-state index contributed by atoms with van der Waals surface area (Å²) < 4.78 is 53.4. The first-order valence-corrected chi connectivity index (χ1v) is 7.88. The minimum absolute atomic E-state index is 0.143. The average molecular weight is 316 g/mol. The monoisotopic (exact) mass is 316 g/mol. The summed E-state index contributed by atoms with van der Waals surface area (Å²) in [5, 5.41) is 2.76. The van der Waals surface area contributed by atoms with Crippen LogP contribution in [0, 0.1) is 24.0 Å². The van der Waals surface area contributed by atoms with Gasteiger partial charge in [0, 0.05) is 13.1 Å². The van der Waals surface area contributed by atoms with E-state index >= 15 is 0 Å². The molecule has 0 radical (unpaired) electrons. The van der Waals surface area contributed by atoms with E-state index in [9.17, 15) is 17.2 Å². The van der Waals surface area contributed by atoms with Gasteiger partial charge in [-0.25, -0.2) is 17.2 Å². The Kier molecular flexibility index (Phi) is 6.27. The van der Waals surface area contributed by atoms with E-state index in [0.717, 1.165) is 16.4 Å². The number of nitrogens with one attached hydrogen (secondary N) is 1. The number of hydrogen-bond acceptors (Lipinski definition) is 3. The zero-order chi connectivity index (χ0) is 16.0. The Labute approximate surface area is 124 Å². The average Bonchev–Trinajstić information content (AvgIpc) is 2.42. The van der Waals surface area contributed by atoms with Gasteiger partial charge >= 0.3 is 0 Å². The first kappa shape index (κ1) is 17.6. The summed E-state index contributed by atoms with van der Waals surface area (Å²) in [6.45, 7) is 1.95. The molecule has 0 bridgehead atoms. The van der Waals surface area contributed by atoms with Gasteiger partial charge in [-0.3, -0.25) is 0 Å². The SMILES string of the molecule is C#CCN(CCC)S(=O)(=O)c1cc(CNC)cc(F)c1F. The maximum atomic E-state index is 13.9. The number of halogens is 2. The first-order chi connectivity index (χ1) is 9.88. The second-order valence-electron chi connectivity index (χ2n) is 4.46. The molecule has 4 nitrogen and oxygen atoms in total. The molecule has 1 rings (SSSR count). The number of benzene rings is 1. The molecule has 0 heterocycles. The lowest BCUT2D eigenvalue weighted by Gasteiger charge is -2.20. The van der Waals surface area contributed by atoms with Crippen molar-refractivity contribution in [2.75, 3.05) is 20.1 Å². The molecule has 1 N–H and O–H groups in total. The van der Waals surface area contributed by atoms with Crippen molar-refractivity contribution in [1.29, 1.82) is 0 Å². The molecule has 0 atom stereocenters. The third-order valence-corrected chi connectivity index (χ3v) is 4.64. The number of rotatable bonds is 7. The summed E-state index contributed by atoms with van der Waals surface area (Å²) in [6, 6.07) is 2.10. The van der Waals surface area contributed by atoms with Crippen LogP contribution in [-0.2, 0) is 16.6 Å². The van der Waals surface area contributed by atoms with Gasteiger partial charge in [0.2, 0.25) is 10.0 Å². The van der Waals surface area contributed by atoms with E-state index in [1.165, 1.54) is 0 Å². The summed E-state index contributed by atoms with van der Waals surface area (Å²) in [4.78, 5) is -0.684. The first-order valence-electron chi connectivity index (χ1n) is 6.44. The van der Waals surface area contributed by atoms with Gasteiger partial charge in [-0.2, -0.15) is 4.31 Å². The zero-order valence-corrected chi connectivity index (χ0v) is 12.8. The molecule has 0 saturated carbocycles. The van der Waals surface area contributed by atoms with Gasteiger partial charge in [0.05, 0.1) is 6.54 Å². The summed E-state index contributed by atoms with van der Waals surface area (Å²) in [5.41, 5.74) is 0.340. The molecule has 0 aliphatic heterocycles. The highest BCUT2D eigenvalue weighted by Gasteiger charge is 2.28. The standard InChI is InChI=1S/C14H18F2N2O2S/c1-4-6-18(7-5-2)21(19,20)13-9-11(10-17-3)8-12(15)14(13)16/h1,8-9,17H,5-7,10H2,2-3H3. The minimum Gasteiger partial charge on any atom is -0.316 e. The molecular weight excluding hydrogens is 298 g/mol. The van der Waals surface area contributed by atoms with Crippen LogP contribution in [0.25, 0.3) is 0 Å². The van der Waals surface area contributed by atoms with E-state index in [4.69, 9.17) is 6.42 Å². The molecule has 7 heteroatoms. The van der Waals surface area contributed by atoms with Crippen LogP contribution in [0.2, 0.25) is 0 Å². The normalized spacial score (nSPS) is 11.6. The number of nitrogens with zero attached hydrogens (tertiary/aromatic N) is 1. The lowest BCUT2D eigenvalue weighted by Crippen LogP contribution is -2.33. The smallest absolute Gasteiger partial charge is 0.246 e. The topological polar surface area (TPSA) is 49.4 Å². The van der Waals surface area contributed by atoms with Crippen LogP contribution < -0.4 is 5.32 Å². The Hall–Kier alpha value is -1.49. The molecule has 0 unspecified atom stereocenters. The van der Waals surface area contributed by atoms with Gasteiger partial charge < -0.3 is 5.32 Å². The van der Waals surface area contributed by atoms with Crippen LogP contribution in [0.3, 0.4) is 0 Å². The number of hydrogen-bond donors (Lipinski definition) is 1. The van der Waals surface area contributed by atoms with E-state index in [-0.39, 0.29) is 19.6 Å². The molecule has 0 amide bonds. The fraction of sp³-hybridized carbons (Fsp3) is 0.429. The summed E-state index contributed by atoms with van der Waals surface area (Å²) in [6.07, 6.45) is 5.66. The van der Waals surface area contributed by atoms with Crippen LogP contribution in [0.15, 0.2) is 17.0 Å². The molecule has 0 aliphatic carbocycles. The van der Waals surface area contributed by atoms with E-state index in [1.807, 2.05) is 0 Å². The molecular formula is C14H18F2N2O2S. The molecule has 0 aromatic heterocycles. The second kappa shape index (κ2) is 7.50. The Bertz CT molecular complexity index is 639. The summed E-state index contributed by atoms with van der Waals surface area (Å²) in [5.74, 6) is -0.357. The summed E-state index contributed by atoms with van der Waals surface area (Å²) >= 11 is 0. The van der Waals surface area contributed by atoms with Crippen LogP contribution in [0.4, 0.5) is 8.78 Å². The second-order valence-corrected chi connectivity index (χ2v) is 6.37. The fourth-order valence-electron chi connectivity index (χ4n) is 1.89. The van der Waals surface area contributed by atoms with Crippen molar-refractivity contribution in [2.24, 2.45) is 0 Å². The lowest BCUT2D eigenvalue weighted by molar-refractivity contribution is 0.432. The van der Waals surface area contributed by atoms with Crippen LogP contribution in [0.5, 0.6) is 0 Å². The third-order valence-electron chi connectivity index (χ3n) is 2.79. The largest absolute Gasteiger partial charge is 0.316 e. The van der Waals surface area contributed by atoms with Gasteiger partial charge in [-0.1, -0.05) is 12.8 Å².